The van der Waals surface area contributed by atoms with E-state index in [1.165, 1.54) is 18.2 Å². The van der Waals surface area contributed by atoms with Crippen LogP contribution in [0.4, 0.5) is 23.2 Å². The molecule has 1 unspecified atom stereocenters. The van der Waals surface area contributed by atoms with Crippen LogP contribution in [-0.4, -0.2) is 6.36 Å². The molecular formula is C15H11F4NO. The summed E-state index contributed by atoms with van der Waals surface area (Å²) in [5.41, 5.74) is 2.09. The van der Waals surface area contributed by atoms with Gasteiger partial charge < -0.3 is 10.1 Å². The van der Waals surface area contributed by atoms with Gasteiger partial charge in [-0.3, -0.25) is 0 Å². The van der Waals surface area contributed by atoms with Crippen molar-refractivity contribution in [1.29, 1.82) is 0 Å². The van der Waals surface area contributed by atoms with Crippen LogP contribution >= 0.6 is 0 Å². The molecule has 0 aliphatic carbocycles. The Morgan fingerprint density at radius 2 is 1.76 bits per heavy atom. The minimum Gasteiger partial charge on any atom is -0.406 e. The van der Waals surface area contributed by atoms with E-state index in [9.17, 15) is 17.6 Å². The van der Waals surface area contributed by atoms with Crippen LogP contribution in [0, 0.1) is 5.82 Å². The van der Waals surface area contributed by atoms with Gasteiger partial charge in [0.2, 0.25) is 0 Å². The van der Waals surface area contributed by atoms with Crippen LogP contribution in [0.1, 0.15) is 17.2 Å². The second-order valence-electron chi connectivity index (χ2n) is 4.78. The minimum absolute atomic E-state index is 0.156. The van der Waals surface area contributed by atoms with E-state index >= 15 is 0 Å². The van der Waals surface area contributed by atoms with Gasteiger partial charge in [-0.15, -0.1) is 13.2 Å². The molecule has 1 atom stereocenters. The first-order valence-corrected chi connectivity index (χ1v) is 6.32. The lowest BCUT2D eigenvalue weighted by molar-refractivity contribution is -0.274. The predicted octanol–water partition coefficient (Wildman–Crippen LogP) is 4.43. The van der Waals surface area contributed by atoms with Crippen LogP contribution in [-0.2, 0) is 6.42 Å². The molecule has 0 aromatic heterocycles. The molecule has 1 heterocycles. The predicted molar refractivity (Wildman–Crippen MR) is 69.6 cm³/mol. The lowest BCUT2D eigenvalue weighted by Gasteiger charge is -2.13. The number of hydrogen-bond acceptors (Lipinski definition) is 2. The number of ether oxygens (including phenoxy) is 1. The van der Waals surface area contributed by atoms with Crippen molar-refractivity contribution in [2.75, 3.05) is 5.32 Å². The first kappa shape index (κ1) is 13.7. The number of benzene rings is 2. The molecule has 0 spiro atoms. The Hall–Kier alpha value is -2.24. The lowest BCUT2D eigenvalue weighted by atomic mass is 10.0. The summed E-state index contributed by atoms with van der Waals surface area (Å²) in [5.74, 6) is -0.549. The topological polar surface area (TPSA) is 21.3 Å². The lowest BCUT2D eigenvalue weighted by Crippen LogP contribution is -2.17. The molecule has 21 heavy (non-hydrogen) atoms. The van der Waals surface area contributed by atoms with Crippen molar-refractivity contribution in [2.24, 2.45) is 0 Å². The summed E-state index contributed by atoms with van der Waals surface area (Å²) in [7, 11) is 0. The van der Waals surface area contributed by atoms with Crippen LogP contribution in [0.15, 0.2) is 42.5 Å². The zero-order chi connectivity index (χ0) is 15.0. The molecule has 110 valence electrons. The van der Waals surface area contributed by atoms with Gasteiger partial charge in [-0.2, -0.15) is 0 Å². The molecular weight excluding hydrogens is 286 g/mol. The van der Waals surface area contributed by atoms with Crippen molar-refractivity contribution in [3.8, 4) is 5.75 Å². The van der Waals surface area contributed by atoms with E-state index in [1.54, 1.807) is 24.3 Å². The SMILES string of the molecule is Fc1cccc2c1CC(c1ccc(OC(F)(F)F)cc1)N2. The van der Waals surface area contributed by atoms with Gasteiger partial charge in [0.15, 0.2) is 0 Å². The maximum atomic E-state index is 13.6. The first-order chi connectivity index (χ1) is 9.92. The molecule has 3 rings (SSSR count). The Morgan fingerprint density at radius 3 is 2.38 bits per heavy atom. The average molecular weight is 297 g/mol. The molecule has 0 fully saturated rings. The minimum atomic E-state index is -4.70. The smallest absolute Gasteiger partial charge is 0.406 e. The molecule has 2 aromatic carbocycles. The van der Waals surface area contributed by atoms with Crippen molar-refractivity contribution in [1.82, 2.24) is 0 Å². The summed E-state index contributed by atoms with van der Waals surface area (Å²) in [6.07, 6.45) is -4.24. The van der Waals surface area contributed by atoms with Gasteiger partial charge in [-0.25, -0.2) is 4.39 Å². The van der Waals surface area contributed by atoms with Crippen molar-refractivity contribution in [3.63, 3.8) is 0 Å². The molecule has 1 aliphatic heterocycles. The third-order valence-corrected chi connectivity index (χ3v) is 3.37. The fourth-order valence-electron chi connectivity index (χ4n) is 2.45. The second kappa shape index (κ2) is 4.95. The molecule has 6 heteroatoms. The van der Waals surface area contributed by atoms with Crippen molar-refractivity contribution < 1.29 is 22.3 Å². The van der Waals surface area contributed by atoms with E-state index in [-0.39, 0.29) is 17.6 Å². The number of nitrogens with one attached hydrogen (secondary N) is 1. The maximum Gasteiger partial charge on any atom is 0.573 e. The van der Waals surface area contributed by atoms with Crippen LogP contribution in [0.2, 0.25) is 0 Å². The van der Waals surface area contributed by atoms with E-state index < -0.39 is 6.36 Å². The number of anilines is 1. The number of alkyl halides is 3. The van der Waals surface area contributed by atoms with Gasteiger partial charge in [-0.1, -0.05) is 18.2 Å². The number of hydrogen-bond donors (Lipinski definition) is 1. The van der Waals surface area contributed by atoms with E-state index in [4.69, 9.17) is 0 Å². The molecule has 0 saturated carbocycles. The summed E-state index contributed by atoms with van der Waals surface area (Å²) in [4.78, 5) is 0. The van der Waals surface area contributed by atoms with Gasteiger partial charge in [0.25, 0.3) is 0 Å². The highest BCUT2D eigenvalue weighted by atomic mass is 19.4. The zero-order valence-electron chi connectivity index (χ0n) is 10.7. The van der Waals surface area contributed by atoms with E-state index in [0.717, 1.165) is 11.3 Å². The van der Waals surface area contributed by atoms with Crippen LogP contribution in [0.5, 0.6) is 5.75 Å². The van der Waals surface area contributed by atoms with E-state index in [1.807, 2.05) is 0 Å². The Labute approximate surface area is 118 Å². The quantitative estimate of drug-likeness (QED) is 0.828. The normalized spacial score (nSPS) is 17.2. The molecule has 0 bridgehead atoms. The monoisotopic (exact) mass is 297 g/mol. The van der Waals surface area contributed by atoms with Gasteiger partial charge in [0.1, 0.15) is 11.6 Å². The van der Waals surface area contributed by atoms with E-state index in [2.05, 4.69) is 10.1 Å². The third-order valence-electron chi connectivity index (χ3n) is 3.37. The summed E-state index contributed by atoms with van der Waals surface area (Å²) >= 11 is 0. The highest BCUT2D eigenvalue weighted by Crippen LogP contribution is 2.36. The second-order valence-corrected chi connectivity index (χ2v) is 4.78. The van der Waals surface area contributed by atoms with Gasteiger partial charge in [0.05, 0.1) is 6.04 Å². The molecule has 2 nitrogen and oxygen atoms in total. The molecule has 1 N–H and O–H groups in total. The molecule has 0 saturated heterocycles. The Bertz CT molecular complexity index is 652. The number of fused-ring (bicyclic) bond motifs is 1. The number of halogens is 4. The fourth-order valence-corrected chi connectivity index (χ4v) is 2.45. The maximum absolute atomic E-state index is 13.6. The largest absolute Gasteiger partial charge is 0.573 e. The Morgan fingerprint density at radius 1 is 1.05 bits per heavy atom. The fraction of sp³-hybridized carbons (Fsp3) is 0.200. The Kier molecular flexibility index (Phi) is 3.23. The standard InChI is InChI=1S/C15H11F4NO/c16-12-2-1-3-13-11(12)8-14(20-13)9-4-6-10(7-5-9)21-15(17,18)19/h1-7,14,20H,8H2. The molecule has 0 radical (unpaired) electrons. The summed E-state index contributed by atoms with van der Waals surface area (Å²) in [6, 6.07) is 10.2. The highest BCUT2D eigenvalue weighted by molar-refractivity contribution is 5.58. The van der Waals surface area contributed by atoms with Gasteiger partial charge >= 0.3 is 6.36 Å². The molecule has 2 aromatic rings. The zero-order valence-corrected chi connectivity index (χ0v) is 10.7. The highest BCUT2D eigenvalue weighted by Gasteiger charge is 2.31. The summed E-state index contributed by atoms with van der Waals surface area (Å²) in [6.45, 7) is 0. The molecule has 0 amide bonds. The Balaban J connectivity index is 1.76. The van der Waals surface area contributed by atoms with Crippen molar-refractivity contribution in [3.05, 3.63) is 59.4 Å². The van der Waals surface area contributed by atoms with Crippen molar-refractivity contribution >= 4 is 5.69 Å². The first-order valence-electron chi connectivity index (χ1n) is 6.32. The van der Waals surface area contributed by atoms with Crippen LogP contribution < -0.4 is 10.1 Å². The average Bonchev–Trinajstić information content (AvgIpc) is 2.83. The number of rotatable bonds is 2. The molecule has 1 aliphatic rings. The van der Waals surface area contributed by atoms with Gasteiger partial charge in [0, 0.05) is 17.7 Å². The van der Waals surface area contributed by atoms with Crippen LogP contribution in [0.3, 0.4) is 0 Å². The van der Waals surface area contributed by atoms with Crippen molar-refractivity contribution in [2.45, 2.75) is 18.8 Å². The summed E-state index contributed by atoms with van der Waals surface area (Å²) in [5, 5.41) is 3.16. The van der Waals surface area contributed by atoms with E-state index in [0.29, 0.717) is 12.0 Å². The van der Waals surface area contributed by atoms with Crippen LogP contribution in [0.25, 0.3) is 0 Å². The third kappa shape index (κ3) is 2.94. The summed E-state index contributed by atoms with van der Waals surface area (Å²) < 4.78 is 53.7. The van der Waals surface area contributed by atoms with Gasteiger partial charge in [-0.05, 0) is 29.8 Å².